The van der Waals surface area contributed by atoms with E-state index in [1.807, 2.05) is 31.2 Å². The third kappa shape index (κ3) is 4.38. The highest BCUT2D eigenvalue weighted by Gasteiger charge is 2.25. The standard InChI is InChI=1S/C16H23N3O3/c1-12-6-3-4-7-13(12)10-17-15(20)18-14-8-5-9-19(11-14)16(21)22-2/h3-4,6-7,14H,5,8-11H2,1-2H3,(H2,17,18,20)/t14-/m1/s1. The lowest BCUT2D eigenvalue weighted by Crippen LogP contribution is -2.51. The molecule has 0 spiro atoms. The molecule has 6 heteroatoms. The second kappa shape index (κ2) is 7.68. The molecule has 1 aromatic rings. The zero-order valence-corrected chi connectivity index (χ0v) is 13.1. The summed E-state index contributed by atoms with van der Waals surface area (Å²) in [6.45, 7) is 3.68. The molecule has 3 amide bonds. The van der Waals surface area contributed by atoms with Crippen LogP contribution in [0.15, 0.2) is 24.3 Å². The van der Waals surface area contributed by atoms with Crippen molar-refractivity contribution in [2.24, 2.45) is 0 Å². The maximum absolute atomic E-state index is 12.0. The lowest BCUT2D eigenvalue weighted by Gasteiger charge is -2.32. The maximum atomic E-state index is 12.0. The normalized spacial score (nSPS) is 17.7. The summed E-state index contributed by atoms with van der Waals surface area (Å²) >= 11 is 0. The van der Waals surface area contributed by atoms with E-state index in [2.05, 4.69) is 10.6 Å². The van der Waals surface area contributed by atoms with Crippen LogP contribution in [-0.4, -0.2) is 43.3 Å². The van der Waals surface area contributed by atoms with Gasteiger partial charge in [-0.2, -0.15) is 0 Å². The lowest BCUT2D eigenvalue weighted by molar-refractivity contribution is 0.108. The summed E-state index contributed by atoms with van der Waals surface area (Å²) in [6, 6.07) is 7.70. The van der Waals surface area contributed by atoms with E-state index in [9.17, 15) is 9.59 Å². The molecule has 1 aliphatic rings. The van der Waals surface area contributed by atoms with Gasteiger partial charge in [-0.05, 0) is 30.9 Å². The molecule has 2 rings (SSSR count). The van der Waals surface area contributed by atoms with E-state index in [0.29, 0.717) is 19.6 Å². The molecular formula is C16H23N3O3. The van der Waals surface area contributed by atoms with E-state index in [0.717, 1.165) is 24.0 Å². The summed E-state index contributed by atoms with van der Waals surface area (Å²) in [5.74, 6) is 0. The Morgan fingerprint density at radius 1 is 1.36 bits per heavy atom. The molecule has 1 aliphatic heterocycles. The largest absolute Gasteiger partial charge is 0.453 e. The first-order chi connectivity index (χ1) is 10.6. The van der Waals surface area contributed by atoms with Crippen LogP contribution >= 0.6 is 0 Å². The summed E-state index contributed by atoms with van der Waals surface area (Å²) < 4.78 is 4.72. The number of benzene rings is 1. The van der Waals surface area contributed by atoms with Crippen molar-refractivity contribution in [1.29, 1.82) is 0 Å². The Bertz CT molecular complexity index is 533. The van der Waals surface area contributed by atoms with Crippen LogP contribution in [0, 0.1) is 6.92 Å². The fraction of sp³-hybridized carbons (Fsp3) is 0.500. The smallest absolute Gasteiger partial charge is 0.409 e. The van der Waals surface area contributed by atoms with Crippen molar-refractivity contribution in [3.63, 3.8) is 0 Å². The SMILES string of the molecule is COC(=O)N1CCC[C@@H](NC(=O)NCc2ccccc2C)C1. The highest BCUT2D eigenvalue weighted by molar-refractivity contribution is 5.74. The second-order valence-electron chi connectivity index (χ2n) is 5.51. The minimum absolute atomic E-state index is 0.0373. The van der Waals surface area contributed by atoms with E-state index in [1.54, 1.807) is 4.90 Å². The number of likely N-dealkylation sites (tertiary alicyclic amines) is 1. The molecule has 1 heterocycles. The predicted molar refractivity (Wildman–Crippen MR) is 83.6 cm³/mol. The van der Waals surface area contributed by atoms with Crippen LogP contribution in [0.2, 0.25) is 0 Å². The molecule has 1 aromatic carbocycles. The van der Waals surface area contributed by atoms with Gasteiger partial charge in [-0.1, -0.05) is 24.3 Å². The van der Waals surface area contributed by atoms with Crippen molar-refractivity contribution >= 4 is 12.1 Å². The molecule has 22 heavy (non-hydrogen) atoms. The Hall–Kier alpha value is -2.24. The number of rotatable bonds is 3. The van der Waals surface area contributed by atoms with Crippen molar-refractivity contribution in [2.75, 3.05) is 20.2 Å². The first-order valence-corrected chi connectivity index (χ1v) is 7.52. The topological polar surface area (TPSA) is 70.7 Å². The van der Waals surface area contributed by atoms with Crippen LogP contribution in [0.3, 0.4) is 0 Å². The van der Waals surface area contributed by atoms with Gasteiger partial charge in [0.2, 0.25) is 0 Å². The Labute approximate surface area is 130 Å². The number of carbonyl (C=O) groups excluding carboxylic acids is 2. The molecule has 2 N–H and O–H groups in total. The Kier molecular flexibility index (Phi) is 5.63. The number of aryl methyl sites for hydroxylation is 1. The summed E-state index contributed by atoms with van der Waals surface area (Å²) in [5.41, 5.74) is 2.25. The lowest BCUT2D eigenvalue weighted by atomic mass is 10.1. The Morgan fingerprint density at radius 3 is 2.86 bits per heavy atom. The van der Waals surface area contributed by atoms with Gasteiger partial charge in [0.05, 0.1) is 7.11 Å². The number of methoxy groups -OCH3 is 1. The number of amides is 3. The first-order valence-electron chi connectivity index (χ1n) is 7.52. The van der Waals surface area contributed by atoms with E-state index in [1.165, 1.54) is 7.11 Å². The molecule has 1 atom stereocenters. The zero-order chi connectivity index (χ0) is 15.9. The number of ether oxygens (including phenoxy) is 1. The average Bonchev–Trinajstić information content (AvgIpc) is 2.53. The van der Waals surface area contributed by atoms with Crippen LogP contribution in [0.1, 0.15) is 24.0 Å². The van der Waals surface area contributed by atoms with Gasteiger partial charge < -0.3 is 20.3 Å². The molecule has 1 saturated heterocycles. The zero-order valence-electron chi connectivity index (χ0n) is 13.1. The fourth-order valence-electron chi connectivity index (χ4n) is 2.61. The second-order valence-corrected chi connectivity index (χ2v) is 5.51. The van der Waals surface area contributed by atoms with E-state index in [4.69, 9.17) is 4.74 Å². The van der Waals surface area contributed by atoms with Crippen molar-refractivity contribution in [2.45, 2.75) is 32.4 Å². The van der Waals surface area contributed by atoms with Gasteiger partial charge in [-0.15, -0.1) is 0 Å². The number of hydrogen-bond acceptors (Lipinski definition) is 3. The molecule has 1 fully saturated rings. The van der Waals surface area contributed by atoms with Gasteiger partial charge in [-0.3, -0.25) is 0 Å². The number of carbonyl (C=O) groups is 2. The number of nitrogens with one attached hydrogen (secondary N) is 2. The van der Waals surface area contributed by atoms with Crippen LogP contribution in [0.5, 0.6) is 0 Å². The van der Waals surface area contributed by atoms with E-state index in [-0.39, 0.29) is 18.2 Å². The third-order valence-electron chi connectivity index (χ3n) is 3.89. The highest BCUT2D eigenvalue weighted by atomic mass is 16.5. The molecule has 0 unspecified atom stereocenters. The molecule has 6 nitrogen and oxygen atoms in total. The van der Waals surface area contributed by atoms with Crippen molar-refractivity contribution in [3.05, 3.63) is 35.4 Å². The average molecular weight is 305 g/mol. The van der Waals surface area contributed by atoms with Crippen LogP contribution in [0.25, 0.3) is 0 Å². The van der Waals surface area contributed by atoms with Gasteiger partial charge in [0.1, 0.15) is 0 Å². The summed E-state index contributed by atoms with van der Waals surface area (Å²) in [6.07, 6.45) is 1.38. The molecule has 120 valence electrons. The third-order valence-corrected chi connectivity index (χ3v) is 3.89. The van der Waals surface area contributed by atoms with Gasteiger partial charge in [0, 0.05) is 25.7 Å². The number of piperidine rings is 1. The summed E-state index contributed by atoms with van der Waals surface area (Å²) in [4.78, 5) is 25.1. The minimum Gasteiger partial charge on any atom is -0.453 e. The fourth-order valence-corrected chi connectivity index (χ4v) is 2.61. The van der Waals surface area contributed by atoms with Crippen molar-refractivity contribution in [3.8, 4) is 0 Å². The minimum atomic E-state index is -0.341. The quantitative estimate of drug-likeness (QED) is 0.897. The number of hydrogen-bond donors (Lipinski definition) is 2. The highest BCUT2D eigenvalue weighted by Crippen LogP contribution is 2.11. The van der Waals surface area contributed by atoms with Crippen LogP contribution in [-0.2, 0) is 11.3 Å². The first kappa shape index (κ1) is 16.1. The molecular weight excluding hydrogens is 282 g/mol. The van der Waals surface area contributed by atoms with Gasteiger partial charge in [-0.25, -0.2) is 9.59 Å². The molecule has 0 radical (unpaired) electrons. The van der Waals surface area contributed by atoms with E-state index >= 15 is 0 Å². The molecule has 0 saturated carbocycles. The van der Waals surface area contributed by atoms with Crippen molar-refractivity contribution < 1.29 is 14.3 Å². The van der Waals surface area contributed by atoms with E-state index < -0.39 is 0 Å². The van der Waals surface area contributed by atoms with Crippen LogP contribution < -0.4 is 10.6 Å². The number of urea groups is 1. The monoisotopic (exact) mass is 305 g/mol. The predicted octanol–water partition coefficient (Wildman–Crippen LogP) is 2.03. The van der Waals surface area contributed by atoms with Crippen LogP contribution in [0.4, 0.5) is 9.59 Å². The van der Waals surface area contributed by atoms with Gasteiger partial charge in [0.15, 0.2) is 0 Å². The summed E-state index contributed by atoms with van der Waals surface area (Å²) in [7, 11) is 1.37. The number of nitrogens with zero attached hydrogens (tertiary/aromatic N) is 1. The van der Waals surface area contributed by atoms with Crippen molar-refractivity contribution in [1.82, 2.24) is 15.5 Å². The Balaban J connectivity index is 1.79. The van der Waals surface area contributed by atoms with Gasteiger partial charge >= 0.3 is 12.1 Å². The molecule has 0 bridgehead atoms. The van der Waals surface area contributed by atoms with Gasteiger partial charge in [0.25, 0.3) is 0 Å². The Morgan fingerprint density at radius 2 is 2.14 bits per heavy atom. The molecule has 0 aliphatic carbocycles. The summed E-state index contributed by atoms with van der Waals surface area (Å²) in [5, 5.41) is 5.78. The molecule has 0 aromatic heterocycles. The maximum Gasteiger partial charge on any atom is 0.409 e.